The van der Waals surface area contributed by atoms with Crippen molar-refractivity contribution in [1.29, 1.82) is 0 Å². The number of aliphatic imine (C=N–C) groups is 1. The van der Waals surface area contributed by atoms with E-state index in [2.05, 4.69) is 15.3 Å². The molecule has 1 aliphatic carbocycles. The fourth-order valence-corrected chi connectivity index (χ4v) is 2.64. The minimum absolute atomic E-state index is 0.0332. The van der Waals surface area contributed by atoms with Gasteiger partial charge in [0.25, 0.3) is 5.69 Å². The molecule has 4 rings (SSSR count). The van der Waals surface area contributed by atoms with Gasteiger partial charge in [0.2, 0.25) is 5.82 Å². The fourth-order valence-electron chi connectivity index (χ4n) is 2.64. The van der Waals surface area contributed by atoms with E-state index >= 15 is 0 Å². The van der Waals surface area contributed by atoms with Crippen molar-refractivity contribution < 1.29 is 10.1 Å². The van der Waals surface area contributed by atoms with Crippen LogP contribution in [-0.4, -0.2) is 37.8 Å². The number of nitro groups is 1. The third-order valence-corrected chi connectivity index (χ3v) is 3.72. The molecule has 0 bridgehead atoms. The van der Waals surface area contributed by atoms with Gasteiger partial charge in [-0.05, 0) is 6.07 Å². The summed E-state index contributed by atoms with van der Waals surface area (Å²) in [5.41, 5.74) is 0.637. The van der Waals surface area contributed by atoms with E-state index in [0.717, 1.165) is 4.73 Å². The van der Waals surface area contributed by atoms with Crippen LogP contribution in [0.15, 0.2) is 47.5 Å². The molecule has 0 saturated carbocycles. The second-order valence-electron chi connectivity index (χ2n) is 5.09. The van der Waals surface area contributed by atoms with E-state index in [1.807, 2.05) is 24.3 Å². The minimum atomic E-state index is -0.512. The molecule has 2 unspecified atom stereocenters. The highest BCUT2D eigenvalue weighted by Crippen LogP contribution is 2.23. The molecule has 2 aromatic rings. The van der Waals surface area contributed by atoms with Crippen molar-refractivity contribution in [2.75, 3.05) is 0 Å². The highest BCUT2D eigenvalue weighted by Gasteiger charge is 2.29. The summed E-state index contributed by atoms with van der Waals surface area (Å²) >= 11 is 0. The highest BCUT2D eigenvalue weighted by atomic mass is 16.6. The molecule has 0 saturated heterocycles. The Labute approximate surface area is 124 Å². The summed E-state index contributed by atoms with van der Waals surface area (Å²) in [4.78, 5) is 19.1. The van der Waals surface area contributed by atoms with Gasteiger partial charge in [0.15, 0.2) is 5.84 Å². The Morgan fingerprint density at radius 2 is 2.14 bits per heavy atom. The molecule has 2 heterocycles. The second kappa shape index (κ2) is 4.42. The summed E-state index contributed by atoms with van der Waals surface area (Å²) in [5, 5.41) is 24.3. The number of fused-ring (bicyclic) bond motifs is 2. The van der Waals surface area contributed by atoms with E-state index in [1.54, 1.807) is 0 Å². The van der Waals surface area contributed by atoms with Crippen LogP contribution in [0, 0.1) is 10.1 Å². The Bertz CT molecular complexity index is 880. The molecule has 8 heteroatoms. The summed E-state index contributed by atoms with van der Waals surface area (Å²) in [7, 11) is 0. The SMILES string of the molecule is O=[N+]([O-])c1ccc2nc(C3=NC4C=CC=CC4N3)n(O)c2c1. The van der Waals surface area contributed by atoms with Gasteiger partial charge in [-0.25, -0.2) is 4.98 Å². The third kappa shape index (κ3) is 1.77. The Balaban J connectivity index is 1.80. The molecule has 0 fully saturated rings. The van der Waals surface area contributed by atoms with Gasteiger partial charge < -0.3 is 10.5 Å². The molecule has 8 nitrogen and oxygen atoms in total. The van der Waals surface area contributed by atoms with Crippen LogP contribution < -0.4 is 5.32 Å². The maximum absolute atomic E-state index is 10.8. The van der Waals surface area contributed by atoms with Crippen molar-refractivity contribution in [3.63, 3.8) is 0 Å². The van der Waals surface area contributed by atoms with E-state index in [4.69, 9.17) is 0 Å². The Morgan fingerprint density at radius 1 is 1.32 bits per heavy atom. The van der Waals surface area contributed by atoms with E-state index in [-0.39, 0.29) is 29.1 Å². The predicted molar refractivity (Wildman–Crippen MR) is 79.1 cm³/mol. The largest absolute Gasteiger partial charge is 0.426 e. The molecule has 2 N–H and O–H groups in total. The summed E-state index contributed by atoms with van der Waals surface area (Å²) in [5.74, 6) is 0.708. The zero-order valence-electron chi connectivity index (χ0n) is 11.2. The van der Waals surface area contributed by atoms with Crippen LogP contribution in [0.2, 0.25) is 0 Å². The van der Waals surface area contributed by atoms with Crippen molar-refractivity contribution in [3.8, 4) is 0 Å². The van der Waals surface area contributed by atoms with Crippen LogP contribution >= 0.6 is 0 Å². The molecule has 0 spiro atoms. The van der Waals surface area contributed by atoms with Gasteiger partial charge in [-0.1, -0.05) is 24.3 Å². The number of imidazole rings is 1. The maximum Gasteiger partial charge on any atom is 0.271 e. The van der Waals surface area contributed by atoms with Gasteiger partial charge in [-0.15, -0.1) is 0 Å². The smallest absolute Gasteiger partial charge is 0.271 e. The molecule has 2 aliphatic rings. The standard InChI is InChI=1S/C14H11N5O3/c20-18-12-7-8(19(21)22)5-6-11(12)17-14(18)13-15-9-3-1-2-4-10(9)16-13/h1-7,9-10,20H,(H,15,16). The second-order valence-corrected chi connectivity index (χ2v) is 5.09. The fraction of sp³-hybridized carbons (Fsp3) is 0.143. The molecular formula is C14H11N5O3. The number of allylic oxidation sites excluding steroid dienone is 2. The van der Waals surface area contributed by atoms with Gasteiger partial charge in [0.1, 0.15) is 5.52 Å². The van der Waals surface area contributed by atoms with Gasteiger partial charge in [-0.3, -0.25) is 15.1 Å². The molecule has 1 aromatic heterocycles. The lowest BCUT2D eigenvalue weighted by Crippen LogP contribution is -2.34. The number of non-ortho nitro benzene ring substituents is 1. The number of amidine groups is 1. The molecule has 0 radical (unpaired) electrons. The molecule has 110 valence electrons. The third-order valence-electron chi connectivity index (χ3n) is 3.72. The van der Waals surface area contributed by atoms with Crippen LogP contribution in [0.3, 0.4) is 0 Å². The van der Waals surface area contributed by atoms with Crippen LogP contribution in [-0.2, 0) is 0 Å². The number of nitro benzene ring substituents is 1. The quantitative estimate of drug-likeness (QED) is 0.495. The zero-order chi connectivity index (χ0) is 15.3. The van der Waals surface area contributed by atoms with Crippen LogP contribution in [0.4, 0.5) is 5.69 Å². The first-order chi connectivity index (χ1) is 10.6. The lowest BCUT2D eigenvalue weighted by molar-refractivity contribution is -0.384. The number of hydrogen-bond acceptors (Lipinski definition) is 6. The van der Waals surface area contributed by atoms with Gasteiger partial charge >= 0.3 is 0 Å². The molecule has 2 atom stereocenters. The van der Waals surface area contributed by atoms with E-state index in [1.165, 1.54) is 18.2 Å². The van der Waals surface area contributed by atoms with Gasteiger partial charge in [0, 0.05) is 12.1 Å². The van der Waals surface area contributed by atoms with Crippen LogP contribution in [0.25, 0.3) is 11.0 Å². The molecule has 1 aromatic carbocycles. The van der Waals surface area contributed by atoms with Crippen molar-refractivity contribution in [1.82, 2.24) is 15.0 Å². The Hall–Kier alpha value is -3.16. The average Bonchev–Trinajstić information content (AvgIpc) is 3.08. The molecule has 0 amide bonds. The first kappa shape index (κ1) is 12.6. The first-order valence-electron chi connectivity index (χ1n) is 6.69. The van der Waals surface area contributed by atoms with E-state index in [9.17, 15) is 15.3 Å². The monoisotopic (exact) mass is 297 g/mol. The number of nitrogens with one attached hydrogen (secondary N) is 1. The molecule has 22 heavy (non-hydrogen) atoms. The van der Waals surface area contributed by atoms with Crippen LogP contribution in [0.5, 0.6) is 0 Å². The number of benzene rings is 1. The Morgan fingerprint density at radius 3 is 2.91 bits per heavy atom. The van der Waals surface area contributed by atoms with E-state index in [0.29, 0.717) is 11.4 Å². The summed E-state index contributed by atoms with van der Waals surface area (Å²) in [6.07, 6.45) is 7.79. The van der Waals surface area contributed by atoms with Crippen LogP contribution in [0.1, 0.15) is 5.82 Å². The summed E-state index contributed by atoms with van der Waals surface area (Å²) in [6.45, 7) is 0. The molecular weight excluding hydrogens is 286 g/mol. The maximum atomic E-state index is 10.8. The van der Waals surface area contributed by atoms with Crippen molar-refractivity contribution >= 4 is 22.6 Å². The van der Waals surface area contributed by atoms with Crippen molar-refractivity contribution in [2.45, 2.75) is 12.1 Å². The Kier molecular flexibility index (Phi) is 2.52. The van der Waals surface area contributed by atoms with Crippen molar-refractivity contribution in [2.24, 2.45) is 4.99 Å². The number of aromatic nitrogens is 2. The van der Waals surface area contributed by atoms with E-state index < -0.39 is 4.92 Å². The highest BCUT2D eigenvalue weighted by molar-refractivity contribution is 6.00. The predicted octanol–water partition coefficient (Wildman–Crippen LogP) is 1.39. The number of rotatable bonds is 2. The van der Waals surface area contributed by atoms with Gasteiger partial charge in [0.05, 0.1) is 22.5 Å². The summed E-state index contributed by atoms with van der Waals surface area (Å²) in [6, 6.07) is 4.15. The number of nitrogens with zero attached hydrogens (tertiary/aromatic N) is 4. The summed E-state index contributed by atoms with van der Waals surface area (Å²) < 4.78 is 0.832. The number of hydrogen-bond donors (Lipinski definition) is 2. The topological polar surface area (TPSA) is 106 Å². The first-order valence-corrected chi connectivity index (χ1v) is 6.69. The minimum Gasteiger partial charge on any atom is -0.426 e. The normalized spacial score (nSPS) is 22.5. The van der Waals surface area contributed by atoms with Gasteiger partial charge in [-0.2, -0.15) is 4.73 Å². The van der Waals surface area contributed by atoms with Crippen molar-refractivity contribution in [3.05, 3.63) is 58.4 Å². The lowest BCUT2D eigenvalue weighted by atomic mass is 10.1. The average molecular weight is 297 g/mol. The molecule has 1 aliphatic heterocycles. The zero-order valence-corrected chi connectivity index (χ0v) is 11.2. The lowest BCUT2D eigenvalue weighted by Gasteiger charge is -2.13.